The molecule has 6 heterocycles. The molecule has 0 amide bonds. The summed E-state index contributed by atoms with van der Waals surface area (Å²) in [5.74, 6) is 3.51. The molecular weight excluding hydrogens is 1040 g/mol. The van der Waals surface area contributed by atoms with Gasteiger partial charge in [-0.15, -0.1) is 0 Å². The van der Waals surface area contributed by atoms with Crippen LogP contribution in [0, 0.1) is 0 Å². The van der Waals surface area contributed by atoms with E-state index in [0.717, 1.165) is 69.4 Å². The van der Waals surface area contributed by atoms with Crippen LogP contribution in [0.3, 0.4) is 0 Å². The number of hydrogen-bond donors (Lipinski definition) is 9. The number of imidazole rings is 3. The summed E-state index contributed by atoms with van der Waals surface area (Å²) in [6, 6.07) is 30.8. The van der Waals surface area contributed by atoms with E-state index in [0.29, 0.717) is 54.9 Å². The SMILES string of the molecule is CC[C@@H](Nc1nc(NCc2ccccc2)c2ncn(C(C)C)c2n1)C(C)(C)O.CC[C@@H](Nc1nc(NCc2ccccc2)c2ncn(C(C)C)c2n1)C(C)O.CC[C@H](Nc1nc(NCc2ccccc2)c2ncn(C(C)C)c2n1)C(C)(C)O. The van der Waals surface area contributed by atoms with Gasteiger partial charge in [-0.05, 0) is 112 Å². The fraction of sp³-hybridized carbons (Fsp3) is 0.468. The van der Waals surface area contributed by atoms with Crippen LogP contribution in [0.5, 0.6) is 0 Å². The van der Waals surface area contributed by atoms with E-state index in [1.165, 1.54) is 0 Å². The minimum atomic E-state index is -0.886. The topological polar surface area (TPSA) is 264 Å². The molecule has 0 bridgehead atoms. The molecule has 9 N–H and O–H groups in total. The van der Waals surface area contributed by atoms with Crippen molar-refractivity contribution in [2.45, 2.75) is 189 Å². The number of aromatic nitrogens is 12. The Morgan fingerprint density at radius 1 is 0.422 bits per heavy atom. The van der Waals surface area contributed by atoms with Gasteiger partial charge in [-0.3, -0.25) is 0 Å². The first-order valence-corrected chi connectivity index (χ1v) is 29.1. The summed E-state index contributed by atoms with van der Waals surface area (Å²) in [5, 5.41) is 50.9. The molecule has 0 fully saturated rings. The van der Waals surface area contributed by atoms with Crippen molar-refractivity contribution in [3.8, 4) is 0 Å². The van der Waals surface area contributed by atoms with Crippen LogP contribution in [0.4, 0.5) is 35.3 Å². The van der Waals surface area contributed by atoms with Crippen molar-refractivity contribution in [3.05, 3.63) is 127 Å². The van der Waals surface area contributed by atoms with Gasteiger partial charge in [-0.25, -0.2) is 15.0 Å². The maximum atomic E-state index is 10.4. The lowest BCUT2D eigenvalue weighted by atomic mass is 9.97. The van der Waals surface area contributed by atoms with Gasteiger partial charge in [0, 0.05) is 37.8 Å². The quantitative estimate of drug-likeness (QED) is 0.0272. The van der Waals surface area contributed by atoms with Crippen LogP contribution in [0.2, 0.25) is 0 Å². The Morgan fingerprint density at radius 2 is 0.711 bits per heavy atom. The number of nitrogens with one attached hydrogen (secondary N) is 6. The van der Waals surface area contributed by atoms with E-state index in [2.05, 4.69) is 145 Å². The first-order valence-electron chi connectivity index (χ1n) is 29.1. The van der Waals surface area contributed by atoms with Crippen molar-refractivity contribution < 1.29 is 15.3 Å². The molecule has 0 radical (unpaired) electrons. The fourth-order valence-electron chi connectivity index (χ4n) is 9.39. The van der Waals surface area contributed by atoms with Gasteiger partial charge in [0.1, 0.15) is 0 Å². The average Bonchev–Trinajstić information content (AvgIpc) is 3.73. The second kappa shape index (κ2) is 28.3. The van der Waals surface area contributed by atoms with Crippen LogP contribution in [0.15, 0.2) is 110 Å². The number of rotatable bonds is 24. The number of aliphatic hydroxyl groups is 3. The molecule has 0 aliphatic heterocycles. The highest BCUT2D eigenvalue weighted by molar-refractivity contribution is 5.86. The van der Waals surface area contributed by atoms with Crippen LogP contribution >= 0.6 is 0 Å². The van der Waals surface area contributed by atoms with Crippen LogP contribution in [0.25, 0.3) is 33.5 Å². The maximum Gasteiger partial charge on any atom is 0.227 e. The standard InChI is InChI=1S/2C21H30N6O.C20H28N6O/c2*1-6-16(21(4,5)28)24-20-25-18(22-12-15-10-8-7-9-11-15)17-19(26-20)27(13-23-17)14(2)3;1-5-16(14(4)27)23-20-24-18(21-11-15-9-7-6-8-10-15)17-19(25-20)26(12-22-17)13(2)3/h2*7-11,13-14,16,28H,6,12H2,1-5H3,(H2,22,24,25,26);6-10,12-14,16,27H,5,11H2,1-4H3,(H2,21,23,24,25)/t2*16-;14?,16-/m101/s1. The summed E-state index contributed by atoms with van der Waals surface area (Å²) < 4.78 is 6.08. The third-order valence-electron chi connectivity index (χ3n) is 14.3. The summed E-state index contributed by atoms with van der Waals surface area (Å²) in [4.78, 5) is 41.7. The van der Waals surface area contributed by atoms with Gasteiger partial charge in [0.05, 0.1) is 54.4 Å². The Morgan fingerprint density at radius 3 is 0.952 bits per heavy atom. The maximum absolute atomic E-state index is 10.4. The molecule has 0 spiro atoms. The fourth-order valence-corrected chi connectivity index (χ4v) is 9.39. The summed E-state index contributed by atoms with van der Waals surface area (Å²) in [5.41, 5.74) is 6.27. The number of aliphatic hydroxyl groups excluding tert-OH is 1. The van der Waals surface area contributed by atoms with E-state index < -0.39 is 17.3 Å². The van der Waals surface area contributed by atoms with Gasteiger partial charge in [0.15, 0.2) is 50.9 Å². The summed E-state index contributed by atoms with van der Waals surface area (Å²) in [6.07, 6.45) is 7.18. The number of anilines is 6. The van der Waals surface area contributed by atoms with Crippen LogP contribution in [-0.4, -0.2) is 109 Å². The molecule has 6 aromatic heterocycles. The molecule has 21 heteroatoms. The largest absolute Gasteiger partial charge is 0.391 e. The zero-order valence-corrected chi connectivity index (χ0v) is 50.9. The lowest BCUT2D eigenvalue weighted by Crippen LogP contribution is -2.41. The minimum Gasteiger partial charge on any atom is -0.391 e. The molecule has 83 heavy (non-hydrogen) atoms. The average molecular weight is 1130 g/mol. The molecule has 0 aliphatic carbocycles. The van der Waals surface area contributed by atoms with Gasteiger partial charge in [-0.1, -0.05) is 112 Å². The zero-order valence-electron chi connectivity index (χ0n) is 50.9. The van der Waals surface area contributed by atoms with Crippen molar-refractivity contribution in [3.63, 3.8) is 0 Å². The monoisotopic (exact) mass is 1130 g/mol. The molecule has 444 valence electrons. The number of hydrogen-bond acceptors (Lipinski definition) is 18. The lowest BCUT2D eigenvalue weighted by molar-refractivity contribution is 0.0572. The Balaban J connectivity index is 0.000000179. The summed E-state index contributed by atoms with van der Waals surface area (Å²) in [7, 11) is 0. The molecule has 9 aromatic rings. The third-order valence-corrected chi connectivity index (χ3v) is 14.3. The molecule has 0 aliphatic rings. The van der Waals surface area contributed by atoms with Crippen molar-refractivity contribution >= 4 is 68.8 Å². The van der Waals surface area contributed by atoms with E-state index in [9.17, 15) is 15.3 Å². The number of benzene rings is 3. The van der Waals surface area contributed by atoms with E-state index in [-0.39, 0.29) is 36.3 Å². The molecular formula is C62H88N18O3. The van der Waals surface area contributed by atoms with E-state index in [1.54, 1.807) is 53.6 Å². The highest BCUT2D eigenvalue weighted by Gasteiger charge is 2.28. The van der Waals surface area contributed by atoms with Crippen molar-refractivity contribution in [2.24, 2.45) is 0 Å². The Bertz CT molecular complexity index is 3270. The zero-order chi connectivity index (χ0) is 60.0. The first kappa shape index (κ1) is 62.6. The summed E-state index contributed by atoms with van der Waals surface area (Å²) in [6.45, 7) is 29.5. The molecule has 9 rings (SSSR count). The highest BCUT2D eigenvalue weighted by atomic mass is 16.3. The van der Waals surface area contributed by atoms with Gasteiger partial charge >= 0.3 is 0 Å². The number of fused-ring (bicyclic) bond motifs is 3. The van der Waals surface area contributed by atoms with Crippen molar-refractivity contribution in [1.29, 1.82) is 0 Å². The number of nitrogens with zero attached hydrogens (tertiary/aromatic N) is 12. The minimum absolute atomic E-state index is 0.111. The predicted octanol–water partition coefficient (Wildman–Crippen LogP) is 11.6. The molecule has 3 aromatic carbocycles. The van der Waals surface area contributed by atoms with E-state index in [4.69, 9.17) is 9.97 Å². The molecule has 0 saturated heterocycles. The van der Waals surface area contributed by atoms with Gasteiger partial charge in [-0.2, -0.15) is 29.9 Å². The molecule has 0 saturated carbocycles. The van der Waals surface area contributed by atoms with E-state index >= 15 is 0 Å². The van der Waals surface area contributed by atoms with Crippen molar-refractivity contribution in [2.75, 3.05) is 31.9 Å². The van der Waals surface area contributed by atoms with Gasteiger partial charge in [0.25, 0.3) is 0 Å². The van der Waals surface area contributed by atoms with Crippen LogP contribution < -0.4 is 31.9 Å². The van der Waals surface area contributed by atoms with Gasteiger partial charge < -0.3 is 60.9 Å². The smallest absolute Gasteiger partial charge is 0.227 e. The molecule has 4 atom stereocenters. The van der Waals surface area contributed by atoms with Crippen LogP contribution in [-0.2, 0) is 19.6 Å². The van der Waals surface area contributed by atoms with E-state index in [1.807, 2.05) is 89.1 Å². The third kappa shape index (κ3) is 16.6. The molecule has 21 nitrogen and oxygen atoms in total. The summed E-state index contributed by atoms with van der Waals surface area (Å²) >= 11 is 0. The Kier molecular flexibility index (Phi) is 21.4. The highest BCUT2D eigenvalue weighted by Crippen LogP contribution is 2.29. The van der Waals surface area contributed by atoms with Crippen molar-refractivity contribution in [1.82, 2.24) is 58.6 Å². The second-order valence-electron chi connectivity index (χ2n) is 22.9. The lowest BCUT2D eigenvalue weighted by Gasteiger charge is -2.29. The van der Waals surface area contributed by atoms with Crippen LogP contribution in [0.1, 0.15) is 151 Å². The first-order chi connectivity index (χ1) is 39.6. The van der Waals surface area contributed by atoms with Gasteiger partial charge in [0.2, 0.25) is 17.8 Å². The Hall–Kier alpha value is -8.01. The normalized spacial score (nSPS) is 13.3. The Labute approximate surface area is 488 Å². The molecule has 1 unspecified atom stereocenters. The predicted molar refractivity (Wildman–Crippen MR) is 336 cm³/mol. The second-order valence-corrected chi connectivity index (χ2v) is 22.9.